The fourth-order valence-electron chi connectivity index (χ4n) is 3.35. The number of carboxylic acids is 2. The quantitative estimate of drug-likeness (QED) is 0.260. The summed E-state index contributed by atoms with van der Waals surface area (Å²) in [4.78, 5) is 33.3. The Balaban J connectivity index is 2.18. The van der Waals surface area contributed by atoms with Crippen LogP contribution in [0.4, 0.5) is 5.69 Å². The van der Waals surface area contributed by atoms with Gasteiger partial charge in [0.1, 0.15) is 5.75 Å². The highest BCUT2D eigenvalue weighted by Gasteiger charge is 2.11. The first-order valence-electron chi connectivity index (χ1n) is 11.4. The van der Waals surface area contributed by atoms with Crippen molar-refractivity contribution in [3.63, 3.8) is 0 Å². The third kappa shape index (κ3) is 13.4. The smallest absolute Gasteiger partial charge is 0.303 e. The molecule has 1 aromatic carbocycles. The Morgan fingerprint density at radius 2 is 1.29 bits per heavy atom. The summed E-state index contributed by atoms with van der Waals surface area (Å²) in [6, 6.07) is 5.55. The van der Waals surface area contributed by atoms with Crippen LogP contribution >= 0.6 is 0 Å². The molecule has 31 heavy (non-hydrogen) atoms. The van der Waals surface area contributed by atoms with Crippen LogP contribution in [0.2, 0.25) is 0 Å². The van der Waals surface area contributed by atoms with Gasteiger partial charge in [0, 0.05) is 19.3 Å². The highest BCUT2D eigenvalue weighted by Crippen LogP contribution is 2.29. The van der Waals surface area contributed by atoms with Gasteiger partial charge in [-0.15, -0.1) is 0 Å². The van der Waals surface area contributed by atoms with E-state index < -0.39 is 11.9 Å². The molecule has 0 fully saturated rings. The predicted octanol–water partition coefficient (Wildman–Crippen LogP) is 5.55. The average Bonchev–Trinajstić information content (AvgIpc) is 2.70. The first-order valence-corrected chi connectivity index (χ1v) is 11.4. The Hall–Kier alpha value is -2.57. The fourth-order valence-corrected chi connectivity index (χ4v) is 3.35. The van der Waals surface area contributed by atoms with Gasteiger partial charge in [0.15, 0.2) is 0 Å². The third-order valence-corrected chi connectivity index (χ3v) is 5.06. The summed E-state index contributed by atoms with van der Waals surface area (Å²) in [7, 11) is 0. The zero-order valence-electron chi connectivity index (χ0n) is 18.7. The van der Waals surface area contributed by atoms with Gasteiger partial charge in [0.2, 0.25) is 5.91 Å². The minimum Gasteiger partial charge on any atom is -0.491 e. The Bertz CT molecular complexity index is 689. The number of rotatable bonds is 18. The van der Waals surface area contributed by atoms with Gasteiger partial charge in [0.05, 0.1) is 12.3 Å². The molecule has 7 heteroatoms. The van der Waals surface area contributed by atoms with E-state index in [0.717, 1.165) is 63.4 Å². The Morgan fingerprint density at radius 3 is 1.87 bits per heavy atom. The van der Waals surface area contributed by atoms with Crippen molar-refractivity contribution >= 4 is 23.5 Å². The van der Waals surface area contributed by atoms with Crippen LogP contribution in [0.5, 0.6) is 5.75 Å². The lowest BCUT2D eigenvalue weighted by atomic mass is 10.1. The number of amides is 1. The molecule has 1 rings (SSSR count). The molecule has 0 saturated carbocycles. The van der Waals surface area contributed by atoms with E-state index in [1.54, 1.807) is 6.07 Å². The van der Waals surface area contributed by atoms with Crippen molar-refractivity contribution < 1.29 is 29.3 Å². The maximum absolute atomic E-state index is 12.3. The maximum atomic E-state index is 12.3. The number of carbonyl (C=O) groups excluding carboxylic acids is 1. The number of anilines is 1. The van der Waals surface area contributed by atoms with Crippen LogP contribution in [0.1, 0.15) is 89.0 Å². The molecule has 0 aliphatic heterocycles. The first kappa shape index (κ1) is 26.5. The van der Waals surface area contributed by atoms with Gasteiger partial charge in [-0.3, -0.25) is 14.4 Å². The summed E-state index contributed by atoms with van der Waals surface area (Å²) >= 11 is 0. The molecule has 0 aliphatic rings. The van der Waals surface area contributed by atoms with E-state index in [1.165, 1.54) is 0 Å². The maximum Gasteiger partial charge on any atom is 0.303 e. The van der Waals surface area contributed by atoms with Crippen molar-refractivity contribution in [1.82, 2.24) is 0 Å². The number of para-hydroxylation sites is 1. The van der Waals surface area contributed by atoms with E-state index in [9.17, 15) is 14.4 Å². The molecule has 1 aromatic rings. The summed E-state index contributed by atoms with van der Waals surface area (Å²) in [5, 5.41) is 20.2. The fraction of sp³-hybridized carbons (Fsp3) is 0.625. The largest absolute Gasteiger partial charge is 0.491 e. The summed E-state index contributed by atoms with van der Waals surface area (Å²) in [5.41, 5.74) is 1.53. The molecule has 0 radical (unpaired) electrons. The predicted molar refractivity (Wildman–Crippen MR) is 121 cm³/mol. The van der Waals surface area contributed by atoms with Crippen molar-refractivity contribution in [3.05, 3.63) is 23.8 Å². The second kappa shape index (κ2) is 16.2. The van der Waals surface area contributed by atoms with E-state index >= 15 is 0 Å². The van der Waals surface area contributed by atoms with Gasteiger partial charge in [-0.25, -0.2) is 0 Å². The van der Waals surface area contributed by atoms with E-state index in [2.05, 4.69) is 5.32 Å². The first-order chi connectivity index (χ1) is 14.9. The van der Waals surface area contributed by atoms with Crippen LogP contribution in [-0.4, -0.2) is 34.7 Å². The molecule has 0 unspecified atom stereocenters. The topological polar surface area (TPSA) is 113 Å². The molecular weight excluding hydrogens is 398 g/mol. The second-order valence-electron chi connectivity index (χ2n) is 7.92. The normalized spacial score (nSPS) is 10.6. The molecule has 3 N–H and O–H groups in total. The van der Waals surface area contributed by atoms with Crippen LogP contribution in [0.3, 0.4) is 0 Å². The zero-order valence-corrected chi connectivity index (χ0v) is 18.7. The summed E-state index contributed by atoms with van der Waals surface area (Å²) in [6.07, 6.45) is 10.4. The number of aryl methyl sites for hydroxylation is 1. The highest BCUT2D eigenvalue weighted by atomic mass is 16.5. The number of benzene rings is 1. The minimum absolute atomic E-state index is 0.0422. The lowest BCUT2D eigenvalue weighted by Crippen LogP contribution is -2.13. The lowest BCUT2D eigenvalue weighted by Gasteiger charge is -2.14. The van der Waals surface area contributed by atoms with Crippen LogP contribution in [0.25, 0.3) is 0 Å². The molecular formula is C24H37NO6. The van der Waals surface area contributed by atoms with Crippen molar-refractivity contribution in [3.8, 4) is 5.75 Å². The molecule has 174 valence electrons. The summed E-state index contributed by atoms with van der Waals surface area (Å²) in [5.74, 6) is -1.01. The van der Waals surface area contributed by atoms with Gasteiger partial charge >= 0.3 is 11.9 Å². The van der Waals surface area contributed by atoms with Gasteiger partial charge in [-0.1, -0.05) is 57.1 Å². The molecule has 7 nitrogen and oxygen atoms in total. The van der Waals surface area contributed by atoms with Crippen LogP contribution in [0.15, 0.2) is 18.2 Å². The highest BCUT2D eigenvalue weighted by molar-refractivity contribution is 5.92. The molecule has 0 saturated heterocycles. The summed E-state index contributed by atoms with van der Waals surface area (Å²) < 4.78 is 5.73. The Morgan fingerprint density at radius 1 is 0.774 bits per heavy atom. The number of carboxylic acid groups (broad SMARTS) is 2. The monoisotopic (exact) mass is 435 g/mol. The van der Waals surface area contributed by atoms with Crippen molar-refractivity contribution in [2.75, 3.05) is 11.9 Å². The zero-order chi connectivity index (χ0) is 22.9. The lowest BCUT2D eigenvalue weighted by molar-refractivity contribution is -0.138. The molecule has 1 amide bonds. The van der Waals surface area contributed by atoms with Crippen molar-refractivity contribution in [2.45, 2.75) is 90.4 Å². The van der Waals surface area contributed by atoms with Crippen LogP contribution in [-0.2, 0) is 14.4 Å². The van der Waals surface area contributed by atoms with Gasteiger partial charge in [0.25, 0.3) is 0 Å². The standard InChI is InChI=1S/C24H37NO6/c1-19-13-11-14-20(24(19)31-18-12-17-23(29)30)25-21(26)15-9-7-5-3-2-4-6-8-10-16-22(27)28/h11,13-14H,2-10,12,15-18H2,1H3,(H,25,26)(H,27,28)(H,29,30). The van der Waals surface area contributed by atoms with E-state index in [-0.39, 0.29) is 18.7 Å². The van der Waals surface area contributed by atoms with E-state index in [4.69, 9.17) is 14.9 Å². The SMILES string of the molecule is Cc1cccc(NC(=O)CCCCCCCCCCCC(=O)O)c1OCCCC(=O)O. The second-order valence-corrected chi connectivity index (χ2v) is 7.92. The van der Waals surface area contributed by atoms with Crippen LogP contribution < -0.4 is 10.1 Å². The molecule has 0 heterocycles. The van der Waals surface area contributed by atoms with Crippen LogP contribution in [0, 0.1) is 6.92 Å². The van der Waals surface area contributed by atoms with Gasteiger partial charge < -0.3 is 20.3 Å². The third-order valence-electron chi connectivity index (χ3n) is 5.06. The molecule has 0 bridgehead atoms. The molecule has 0 aliphatic carbocycles. The van der Waals surface area contributed by atoms with E-state index in [1.807, 2.05) is 19.1 Å². The number of ether oxygens (including phenoxy) is 1. The number of unbranched alkanes of at least 4 members (excludes halogenated alkanes) is 8. The number of hydrogen-bond donors (Lipinski definition) is 3. The van der Waals surface area contributed by atoms with Crippen molar-refractivity contribution in [2.24, 2.45) is 0 Å². The number of nitrogens with one attached hydrogen (secondary N) is 1. The number of hydrogen-bond acceptors (Lipinski definition) is 4. The molecule has 0 spiro atoms. The molecule has 0 atom stereocenters. The van der Waals surface area contributed by atoms with Gasteiger partial charge in [-0.05, 0) is 37.8 Å². The summed E-state index contributed by atoms with van der Waals surface area (Å²) in [6.45, 7) is 2.19. The number of aliphatic carboxylic acids is 2. The Kier molecular flexibility index (Phi) is 13.8. The Labute approximate surface area is 185 Å². The minimum atomic E-state index is -0.849. The number of carbonyl (C=O) groups is 3. The molecule has 0 aromatic heterocycles. The average molecular weight is 436 g/mol. The van der Waals surface area contributed by atoms with Crippen molar-refractivity contribution in [1.29, 1.82) is 0 Å². The van der Waals surface area contributed by atoms with Gasteiger partial charge in [-0.2, -0.15) is 0 Å². The van der Waals surface area contributed by atoms with E-state index in [0.29, 0.717) is 30.9 Å².